The van der Waals surface area contributed by atoms with Crippen molar-refractivity contribution in [2.24, 2.45) is 23.2 Å². The van der Waals surface area contributed by atoms with Crippen molar-refractivity contribution >= 4 is 0 Å². The summed E-state index contributed by atoms with van der Waals surface area (Å²) in [6.07, 6.45) is 46.7. The Kier molecular flexibility index (Phi) is 23.4. The highest BCUT2D eigenvalue weighted by Gasteiger charge is 2.50. The first-order chi connectivity index (χ1) is 28.1. The van der Waals surface area contributed by atoms with E-state index in [2.05, 4.69) is 95.3 Å². The third-order valence-corrected chi connectivity index (χ3v) is 15.6. The Labute approximate surface area is 356 Å². The topological polar surface area (TPSA) is 0 Å². The molecule has 2 aliphatic carbocycles. The highest BCUT2D eigenvalue weighted by atomic mass is 14.5. The van der Waals surface area contributed by atoms with Gasteiger partial charge in [0.1, 0.15) is 0 Å². The van der Waals surface area contributed by atoms with Gasteiger partial charge in [0.2, 0.25) is 0 Å². The van der Waals surface area contributed by atoms with Crippen LogP contribution in [0.4, 0.5) is 0 Å². The molecule has 2 fully saturated rings. The second-order valence-electron chi connectivity index (χ2n) is 19.6. The molecule has 2 aliphatic rings. The van der Waals surface area contributed by atoms with E-state index in [-0.39, 0.29) is 5.41 Å². The second kappa shape index (κ2) is 27.8. The number of benzene rings is 2. The van der Waals surface area contributed by atoms with Crippen LogP contribution < -0.4 is 0 Å². The summed E-state index contributed by atoms with van der Waals surface area (Å²) in [5.74, 6) is 2.38. The molecule has 2 aromatic carbocycles. The molecule has 322 valence electrons. The van der Waals surface area contributed by atoms with E-state index < -0.39 is 0 Å². The van der Waals surface area contributed by atoms with E-state index in [1.807, 2.05) is 11.1 Å². The number of unbranched alkanes of at least 4 members (excludes halogenated alkanes) is 17. The van der Waals surface area contributed by atoms with Gasteiger partial charge in [0.05, 0.1) is 0 Å². The molecule has 3 atom stereocenters. The molecule has 2 aromatic rings. The van der Waals surface area contributed by atoms with Gasteiger partial charge < -0.3 is 0 Å². The average Bonchev–Trinajstić information content (AvgIpc) is 3.67. The van der Waals surface area contributed by atoms with E-state index in [0.717, 1.165) is 11.8 Å². The number of hydrogen-bond donors (Lipinski definition) is 0. The Hall–Kier alpha value is -1.82. The second-order valence-corrected chi connectivity index (χ2v) is 19.6. The number of allylic oxidation sites excluding steroid dienone is 2. The Morgan fingerprint density at radius 1 is 0.561 bits per heavy atom. The smallest absolute Gasteiger partial charge is 0.0416 e. The molecule has 0 amide bonds. The van der Waals surface area contributed by atoms with Crippen LogP contribution in [0.5, 0.6) is 0 Å². The van der Waals surface area contributed by atoms with Gasteiger partial charge in [0, 0.05) is 5.41 Å². The van der Waals surface area contributed by atoms with Crippen molar-refractivity contribution in [3.8, 4) is 0 Å². The van der Waals surface area contributed by atoms with Crippen LogP contribution in [-0.2, 0) is 5.41 Å². The Morgan fingerprint density at radius 3 is 1.54 bits per heavy atom. The largest absolute Gasteiger partial charge is 0.0661 e. The van der Waals surface area contributed by atoms with Gasteiger partial charge in [-0.1, -0.05) is 266 Å². The first-order valence-electron chi connectivity index (χ1n) is 25.9. The van der Waals surface area contributed by atoms with E-state index in [1.54, 1.807) is 11.1 Å². The van der Waals surface area contributed by atoms with Gasteiger partial charge in [0.25, 0.3) is 0 Å². The third kappa shape index (κ3) is 14.4. The Morgan fingerprint density at radius 2 is 1.05 bits per heavy atom. The fourth-order valence-corrected chi connectivity index (χ4v) is 12.3. The van der Waals surface area contributed by atoms with Gasteiger partial charge in [-0.2, -0.15) is 0 Å². The molecule has 0 bridgehead atoms. The number of hydrogen-bond acceptors (Lipinski definition) is 0. The minimum absolute atomic E-state index is 0.0515. The van der Waals surface area contributed by atoms with Crippen LogP contribution in [0.15, 0.2) is 71.8 Å². The summed E-state index contributed by atoms with van der Waals surface area (Å²) in [6, 6.07) is 23.9. The standard InChI is InChI=1S/C57H94/c1-6-10-13-14-15-16-17-18-19-20-21-22-23-24-25-31-40-52-45-36-46-56(52,48-50(9-4)37-11-7-2)49(5)55(51-38-29-26-30-39-51)57(47-12-8-3,53-41-32-27-33-42-53)54-43-34-28-35-44-54/h27-28,32-35,41-44,50-52H,6-26,29-31,36-40,45-48H2,1-5H3. The van der Waals surface area contributed by atoms with E-state index >= 15 is 0 Å². The third-order valence-electron chi connectivity index (χ3n) is 15.6. The van der Waals surface area contributed by atoms with Crippen LogP contribution in [0.3, 0.4) is 0 Å². The highest BCUT2D eigenvalue weighted by molar-refractivity contribution is 5.52. The lowest BCUT2D eigenvalue weighted by Crippen LogP contribution is -2.40. The molecular weight excluding hydrogens is 685 g/mol. The Bertz CT molecular complexity index is 1260. The van der Waals surface area contributed by atoms with Gasteiger partial charge in [-0.05, 0) is 86.2 Å². The summed E-state index contributed by atoms with van der Waals surface area (Å²) in [5.41, 5.74) is 7.20. The van der Waals surface area contributed by atoms with Gasteiger partial charge in [-0.25, -0.2) is 0 Å². The molecule has 0 aromatic heterocycles. The van der Waals surface area contributed by atoms with Gasteiger partial charge in [-0.3, -0.25) is 0 Å². The normalized spacial score (nSPS) is 20.2. The molecule has 0 saturated heterocycles. The fourth-order valence-electron chi connectivity index (χ4n) is 12.3. The minimum Gasteiger partial charge on any atom is -0.0661 e. The summed E-state index contributed by atoms with van der Waals surface area (Å²) in [7, 11) is 0. The molecule has 0 heteroatoms. The van der Waals surface area contributed by atoms with Crippen LogP contribution in [0.25, 0.3) is 0 Å². The van der Waals surface area contributed by atoms with E-state index in [9.17, 15) is 0 Å². The van der Waals surface area contributed by atoms with Crippen LogP contribution in [-0.4, -0.2) is 0 Å². The molecular formula is C57H94. The van der Waals surface area contributed by atoms with Crippen molar-refractivity contribution < 1.29 is 0 Å². The molecule has 0 N–H and O–H groups in total. The summed E-state index contributed by atoms with van der Waals surface area (Å²) < 4.78 is 0. The maximum Gasteiger partial charge on any atom is 0.0416 e. The maximum atomic E-state index is 2.75. The zero-order chi connectivity index (χ0) is 40.4. The van der Waals surface area contributed by atoms with Gasteiger partial charge in [0.15, 0.2) is 0 Å². The van der Waals surface area contributed by atoms with Crippen molar-refractivity contribution in [3.05, 3.63) is 82.9 Å². The van der Waals surface area contributed by atoms with E-state index in [4.69, 9.17) is 0 Å². The van der Waals surface area contributed by atoms with Crippen LogP contribution >= 0.6 is 0 Å². The molecule has 0 aliphatic heterocycles. The monoisotopic (exact) mass is 779 g/mol. The molecule has 0 spiro atoms. The lowest BCUT2D eigenvalue weighted by atomic mass is 9.55. The highest BCUT2D eigenvalue weighted by Crippen LogP contribution is 2.60. The van der Waals surface area contributed by atoms with Gasteiger partial charge >= 0.3 is 0 Å². The van der Waals surface area contributed by atoms with Crippen molar-refractivity contribution in [1.82, 2.24) is 0 Å². The van der Waals surface area contributed by atoms with Crippen molar-refractivity contribution in [1.29, 1.82) is 0 Å². The van der Waals surface area contributed by atoms with E-state index in [1.165, 1.54) is 212 Å². The lowest BCUT2D eigenvalue weighted by molar-refractivity contribution is 0.165. The Balaban J connectivity index is 1.57. The van der Waals surface area contributed by atoms with Crippen molar-refractivity contribution in [2.45, 2.75) is 252 Å². The van der Waals surface area contributed by atoms with Crippen LogP contribution in [0, 0.1) is 23.2 Å². The maximum absolute atomic E-state index is 2.75. The molecule has 4 rings (SSSR count). The SMILES string of the molecule is CCCCCCCCCCCCCCCCCCC1CCCC1(CC(CC)CCCC)C(C)=C(C1CCCCC1)C(CCCC)(c1ccccc1)c1ccccc1. The fraction of sp³-hybridized carbons (Fsp3) is 0.754. The predicted octanol–water partition coefficient (Wildman–Crippen LogP) is 19.1. The first-order valence-corrected chi connectivity index (χ1v) is 25.9. The average molecular weight is 779 g/mol. The molecule has 0 nitrogen and oxygen atoms in total. The molecule has 0 radical (unpaired) electrons. The number of rotatable bonds is 31. The molecule has 0 heterocycles. The van der Waals surface area contributed by atoms with Crippen LogP contribution in [0.2, 0.25) is 0 Å². The van der Waals surface area contributed by atoms with Crippen LogP contribution in [0.1, 0.15) is 258 Å². The minimum atomic E-state index is -0.0515. The van der Waals surface area contributed by atoms with E-state index in [0.29, 0.717) is 11.3 Å². The summed E-state index contributed by atoms with van der Waals surface area (Å²) in [4.78, 5) is 0. The zero-order valence-electron chi connectivity index (χ0n) is 38.8. The quantitative estimate of drug-likeness (QED) is 0.0528. The van der Waals surface area contributed by atoms with Crippen molar-refractivity contribution in [2.75, 3.05) is 0 Å². The predicted molar refractivity (Wildman–Crippen MR) is 254 cm³/mol. The molecule has 2 saturated carbocycles. The van der Waals surface area contributed by atoms with Crippen molar-refractivity contribution in [3.63, 3.8) is 0 Å². The molecule has 57 heavy (non-hydrogen) atoms. The summed E-state index contributed by atoms with van der Waals surface area (Å²) >= 11 is 0. The zero-order valence-corrected chi connectivity index (χ0v) is 38.8. The lowest BCUT2D eigenvalue weighted by Gasteiger charge is -2.49. The first kappa shape index (κ1) is 47.9. The molecule has 3 unspecified atom stereocenters. The summed E-state index contributed by atoms with van der Waals surface area (Å²) in [5, 5.41) is 0. The van der Waals surface area contributed by atoms with Gasteiger partial charge in [-0.15, -0.1) is 0 Å². The summed E-state index contributed by atoms with van der Waals surface area (Å²) in [6.45, 7) is 12.4.